The van der Waals surface area contributed by atoms with Crippen LogP contribution < -0.4 is 5.73 Å². The monoisotopic (exact) mass is 207 g/mol. The Morgan fingerprint density at radius 2 is 2.00 bits per heavy atom. The van der Waals surface area contributed by atoms with Gasteiger partial charge in [-0.1, -0.05) is 31.2 Å². The molecule has 0 amide bonds. The second-order valence-electron chi connectivity index (χ2n) is 3.98. The Kier molecular flexibility index (Phi) is 4.79. The van der Waals surface area contributed by atoms with Crippen LogP contribution in [-0.2, 0) is 11.2 Å². The van der Waals surface area contributed by atoms with Crippen molar-refractivity contribution in [3.8, 4) is 0 Å². The van der Waals surface area contributed by atoms with E-state index in [1.807, 2.05) is 0 Å². The summed E-state index contributed by atoms with van der Waals surface area (Å²) < 4.78 is 5.35. The zero-order chi connectivity index (χ0) is 11.3. The normalized spacial score (nSPS) is 14.9. The first-order valence-corrected chi connectivity index (χ1v) is 5.52. The highest BCUT2D eigenvalue weighted by Crippen LogP contribution is 2.12. The van der Waals surface area contributed by atoms with Gasteiger partial charge in [0, 0.05) is 13.2 Å². The van der Waals surface area contributed by atoms with Crippen LogP contribution in [0.4, 0.5) is 0 Å². The third-order valence-electron chi connectivity index (χ3n) is 2.90. The van der Waals surface area contributed by atoms with Crippen molar-refractivity contribution in [3.63, 3.8) is 0 Å². The van der Waals surface area contributed by atoms with Crippen molar-refractivity contribution in [1.29, 1.82) is 0 Å². The van der Waals surface area contributed by atoms with Gasteiger partial charge in [-0.05, 0) is 30.9 Å². The number of ether oxygens (including phenoxy) is 1. The Labute approximate surface area is 92.4 Å². The molecule has 0 fully saturated rings. The molecule has 0 aromatic heterocycles. The molecule has 2 unspecified atom stereocenters. The summed E-state index contributed by atoms with van der Waals surface area (Å²) in [6.07, 6.45) is 2.01. The van der Waals surface area contributed by atoms with Crippen LogP contribution in [0.25, 0.3) is 0 Å². The van der Waals surface area contributed by atoms with Gasteiger partial charge in [-0.25, -0.2) is 0 Å². The first kappa shape index (κ1) is 12.2. The van der Waals surface area contributed by atoms with Crippen molar-refractivity contribution in [2.45, 2.75) is 38.8 Å². The van der Waals surface area contributed by atoms with Gasteiger partial charge in [0.05, 0.1) is 6.10 Å². The van der Waals surface area contributed by atoms with E-state index in [9.17, 15) is 0 Å². The van der Waals surface area contributed by atoms with Gasteiger partial charge in [0.25, 0.3) is 0 Å². The van der Waals surface area contributed by atoms with Crippen molar-refractivity contribution < 1.29 is 4.74 Å². The Morgan fingerprint density at radius 3 is 2.53 bits per heavy atom. The molecule has 0 aliphatic heterocycles. The van der Waals surface area contributed by atoms with Crippen LogP contribution >= 0.6 is 0 Å². The van der Waals surface area contributed by atoms with E-state index >= 15 is 0 Å². The topological polar surface area (TPSA) is 35.2 Å². The third-order valence-corrected chi connectivity index (χ3v) is 2.90. The lowest BCUT2D eigenvalue weighted by molar-refractivity contribution is 0.0773. The van der Waals surface area contributed by atoms with Gasteiger partial charge in [-0.3, -0.25) is 0 Å². The summed E-state index contributed by atoms with van der Waals surface area (Å²) in [6.45, 7) is 4.22. The van der Waals surface area contributed by atoms with Crippen LogP contribution in [0, 0.1) is 6.92 Å². The van der Waals surface area contributed by atoms with Crippen molar-refractivity contribution in [2.24, 2.45) is 5.73 Å². The molecule has 84 valence electrons. The van der Waals surface area contributed by atoms with E-state index in [0.717, 1.165) is 12.8 Å². The maximum atomic E-state index is 6.11. The van der Waals surface area contributed by atoms with E-state index in [0.29, 0.717) is 0 Å². The predicted octanol–water partition coefficient (Wildman–Crippen LogP) is 2.29. The summed E-state index contributed by atoms with van der Waals surface area (Å²) in [5, 5.41) is 0. The van der Waals surface area contributed by atoms with Crippen molar-refractivity contribution in [3.05, 3.63) is 35.4 Å². The van der Waals surface area contributed by atoms with Crippen LogP contribution in [0.5, 0.6) is 0 Å². The minimum absolute atomic E-state index is 0.0844. The molecule has 0 saturated carbocycles. The fourth-order valence-corrected chi connectivity index (χ4v) is 1.87. The lowest BCUT2D eigenvalue weighted by Gasteiger charge is -2.21. The molecule has 0 aliphatic rings. The number of nitrogens with two attached hydrogens (primary N) is 1. The largest absolute Gasteiger partial charge is 0.380 e. The average Bonchev–Trinajstić information content (AvgIpc) is 2.23. The average molecular weight is 207 g/mol. The molecule has 0 spiro atoms. The number of hydrogen-bond donors (Lipinski definition) is 1. The molecule has 0 saturated heterocycles. The smallest absolute Gasteiger partial charge is 0.0722 e. The third kappa shape index (κ3) is 3.33. The highest BCUT2D eigenvalue weighted by atomic mass is 16.5. The van der Waals surface area contributed by atoms with E-state index in [2.05, 4.69) is 38.1 Å². The van der Waals surface area contributed by atoms with E-state index in [1.165, 1.54) is 11.1 Å². The van der Waals surface area contributed by atoms with Crippen LogP contribution in [0.15, 0.2) is 24.3 Å². The molecule has 2 N–H and O–H groups in total. The first-order valence-electron chi connectivity index (χ1n) is 5.52. The Morgan fingerprint density at radius 1 is 1.33 bits per heavy atom. The summed E-state index contributed by atoms with van der Waals surface area (Å²) in [4.78, 5) is 0. The molecule has 2 nitrogen and oxygen atoms in total. The minimum Gasteiger partial charge on any atom is -0.380 e. The molecule has 15 heavy (non-hydrogen) atoms. The lowest BCUT2D eigenvalue weighted by Crippen LogP contribution is -2.37. The summed E-state index contributed by atoms with van der Waals surface area (Å²) in [5.74, 6) is 0. The molecule has 2 atom stereocenters. The zero-order valence-corrected chi connectivity index (χ0v) is 9.86. The van der Waals surface area contributed by atoms with Gasteiger partial charge < -0.3 is 10.5 Å². The van der Waals surface area contributed by atoms with Gasteiger partial charge in [-0.2, -0.15) is 0 Å². The molecule has 0 aliphatic carbocycles. The van der Waals surface area contributed by atoms with E-state index in [-0.39, 0.29) is 12.1 Å². The molecular weight excluding hydrogens is 186 g/mol. The Hall–Kier alpha value is -0.860. The molecule has 1 aromatic carbocycles. The minimum atomic E-state index is 0.0844. The standard InChI is InChI=1S/C13H21NO/c1-4-13(15-3)12(14)9-11-8-6-5-7-10(11)2/h5-8,12-13H,4,9,14H2,1-3H3. The van der Waals surface area contributed by atoms with Crippen molar-refractivity contribution in [2.75, 3.05) is 7.11 Å². The van der Waals surface area contributed by atoms with Crippen LogP contribution in [0.2, 0.25) is 0 Å². The molecule has 1 aromatic rings. The number of rotatable bonds is 5. The number of methoxy groups -OCH3 is 1. The fraction of sp³-hybridized carbons (Fsp3) is 0.538. The molecular formula is C13H21NO. The van der Waals surface area contributed by atoms with Crippen molar-refractivity contribution in [1.82, 2.24) is 0 Å². The van der Waals surface area contributed by atoms with Crippen LogP contribution in [-0.4, -0.2) is 19.3 Å². The molecule has 0 heterocycles. The summed E-state index contributed by atoms with van der Waals surface area (Å²) in [5.41, 5.74) is 8.74. The maximum absolute atomic E-state index is 6.11. The highest BCUT2D eigenvalue weighted by molar-refractivity contribution is 5.26. The fourth-order valence-electron chi connectivity index (χ4n) is 1.87. The van der Waals surface area contributed by atoms with Gasteiger partial charge in [0.1, 0.15) is 0 Å². The number of hydrogen-bond acceptors (Lipinski definition) is 2. The van der Waals surface area contributed by atoms with E-state index < -0.39 is 0 Å². The number of aryl methyl sites for hydroxylation is 1. The zero-order valence-electron chi connectivity index (χ0n) is 9.86. The van der Waals surface area contributed by atoms with Crippen LogP contribution in [0.1, 0.15) is 24.5 Å². The van der Waals surface area contributed by atoms with E-state index in [1.54, 1.807) is 7.11 Å². The Balaban J connectivity index is 2.65. The molecule has 2 heteroatoms. The second-order valence-corrected chi connectivity index (χ2v) is 3.98. The maximum Gasteiger partial charge on any atom is 0.0722 e. The summed E-state index contributed by atoms with van der Waals surface area (Å²) in [6, 6.07) is 8.45. The summed E-state index contributed by atoms with van der Waals surface area (Å²) in [7, 11) is 1.73. The van der Waals surface area contributed by atoms with Gasteiger partial charge in [-0.15, -0.1) is 0 Å². The second kappa shape index (κ2) is 5.89. The lowest BCUT2D eigenvalue weighted by atomic mass is 9.97. The SMILES string of the molecule is CCC(OC)C(N)Cc1ccccc1C. The summed E-state index contributed by atoms with van der Waals surface area (Å²) >= 11 is 0. The quantitative estimate of drug-likeness (QED) is 0.804. The van der Waals surface area contributed by atoms with Gasteiger partial charge >= 0.3 is 0 Å². The van der Waals surface area contributed by atoms with Crippen LogP contribution in [0.3, 0.4) is 0 Å². The highest BCUT2D eigenvalue weighted by Gasteiger charge is 2.15. The molecule has 0 radical (unpaired) electrons. The predicted molar refractivity (Wildman–Crippen MR) is 63.9 cm³/mol. The molecule has 1 rings (SSSR count). The Bertz CT molecular complexity index is 294. The van der Waals surface area contributed by atoms with Gasteiger partial charge in [0.2, 0.25) is 0 Å². The van der Waals surface area contributed by atoms with E-state index in [4.69, 9.17) is 10.5 Å². The van der Waals surface area contributed by atoms with Gasteiger partial charge in [0.15, 0.2) is 0 Å². The molecule has 0 bridgehead atoms. The van der Waals surface area contributed by atoms with Crippen molar-refractivity contribution >= 4 is 0 Å². The number of benzene rings is 1. The first-order chi connectivity index (χ1) is 7.19.